The number of nitriles is 1. The second kappa shape index (κ2) is 6.91. The van der Waals surface area contributed by atoms with Crippen LogP contribution in [0.4, 0.5) is 5.69 Å². The van der Waals surface area contributed by atoms with Gasteiger partial charge in [0.15, 0.2) is 5.65 Å². The van der Waals surface area contributed by atoms with Crippen LogP contribution in [0.5, 0.6) is 0 Å². The Morgan fingerprint density at radius 2 is 1.71 bits per heavy atom. The number of fused-ring (bicyclic) bond motifs is 1. The Labute approximate surface area is 180 Å². The van der Waals surface area contributed by atoms with Crippen molar-refractivity contribution >= 4 is 11.3 Å². The van der Waals surface area contributed by atoms with Crippen LogP contribution in [0.25, 0.3) is 16.9 Å². The molecule has 7 rings (SSSR count). The summed E-state index contributed by atoms with van der Waals surface area (Å²) in [7, 11) is 0. The van der Waals surface area contributed by atoms with Crippen molar-refractivity contribution in [2.75, 3.05) is 5.32 Å². The summed E-state index contributed by atoms with van der Waals surface area (Å²) < 4.78 is 1.38. The zero-order chi connectivity index (χ0) is 21.1. The second-order valence-electron chi connectivity index (χ2n) is 9.68. The Kier molecular flexibility index (Phi) is 4.14. The van der Waals surface area contributed by atoms with Gasteiger partial charge in [-0.2, -0.15) is 14.9 Å². The van der Waals surface area contributed by atoms with Crippen molar-refractivity contribution in [2.45, 2.75) is 45.1 Å². The molecule has 0 unspecified atom stereocenters. The third-order valence-corrected chi connectivity index (χ3v) is 7.69. The van der Waals surface area contributed by atoms with Gasteiger partial charge in [-0.15, -0.1) is 0 Å². The molecule has 4 aliphatic rings. The Balaban J connectivity index is 1.36. The molecule has 4 fully saturated rings. The van der Waals surface area contributed by atoms with E-state index in [1.54, 1.807) is 12.1 Å². The van der Waals surface area contributed by atoms with Gasteiger partial charge in [0.25, 0.3) is 5.56 Å². The highest BCUT2D eigenvalue weighted by molar-refractivity contribution is 5.64. The van der Waals surface area contributed by atoms with Crippen molar-refractivity contribution in [1.82, 2.24) is 14.6 Å². The number of nitrogens with one attached hydrogen (secondary N) is 1. The molecule has 6 nitrogen and oxygen atoms in total. The summed E-state index contributed by atoms with van der Waals surface area (Å²) in [5.74, 6) is 3.39. The molecule has 3 aromatic rings. The highest BCUT2D eigenvalue weighted by Crippen LogP contribution is 2.54. The summed E-state index contributed by atoms with van der Waals surface area (Å²) in [4.78, 5) is 17.5. The molecule has 4 bridgehead atoms. The minimum atomic E-state index is -0.200. The topological polar surface area (TPSA) is 83.1 Å². The van der Waals surface area contributed by atoms with Gasteiger partial charge in [-0.1, -0.05) is 12.1 Å². The third kappa shape index (κ3) is 3.11. The molecule has 1 N–H and O–H groups in total. The van der Waals surface area contributed by atoms with Crippen LogP contribution >= 0.6 is 0 Å². The molecular formula is C25H25N5O. The van der Waals surface area contributed by atoms with Crippen molar-refractivity contribution in [3.63, 3.8) is 0 Å². The molecule has 156 valence electrons. The predicted octanol–water partition coefficient (Wildman–Crippen LogP) is 4.17. The molecule has 0 aliphatic heterocycles. The molecule has 0 radical (unpaired) electrons. The fourth-order valence-electron chi connectivity index (χ4n) is 6.48. The zero-order valence-corrected chi connectivity index (χ0v) is 17.6. The number of hydrogen-bond donors (Lipinski definition) is 1. The molecule has 1 aromatic carbocycles. The molecule has 2 aromatic heterocycles. The molecule has 0 atom stereocenters. The van der Waals surface area contributed by atoms with E-state index in [2.05, 4.69) is 16.5 Å². The minimum absolute atomic E-state index is 0.200. The van der Waals surface area contributed by atoms with Crippen LogP contribution in [-0.4, -0.2) is 20.6 Å². The number of benzene rings is 1. The smallest absolute Gasteiger partial charge is 0.275 e. The number of aryl methyl sites for hydroxylation is 1. The van der Waals surface area contributed by atoms with E-state index in [1.165, 1.54) is 42.7 Å². The molecule has 4 aliphatic carbocycles. The summed E-state index contributed by atoms with van der Waals surface area (Å²) in [6.07, 6.45) is 6.86. The first-order valence-corrected chi connectivity index (χ1v) is 11.3. The Morgan fingerprint density at radius 3 is 2.35 bits per heavy atom. The lowest BCUT2D eigenvalue weighted by atomic mass is 9.54. The van der Waals surface area contributed by atoms with Gasteiger partial charge in [0, 0.05) is 23.7 Å². The number of hydrogen-bond acceptors (Lipinski definition) is 5. The number of nitrogens with zero attached hydrogens (tertiary/aromatic N) is 4. The maximum absolute atomic E-state index is 12.7. The highest BCUT2D eigenvalue weighted by atomic mass is 16.1. The summed E-state index contributed by atoms with van der Waals surface area (Å²) in [6, 6.07) is 13.2. The van der Waals surface area contributed by atoms with E-state index in [9.17, 15) is 4.79 Å². The number of aromatic nitrogens is 3. The largest absolute Gasteiger partial charge is 0.380 e. The quantitative estimate of drug-likeness (QED) is 0.699. The van der Waals surface area contributed by atoms with Gasteiger partial charge in [0.1, 0.15) is 0 Å². The number of anilines is 1. The molecule has 0 saturated heterocycles. The van der Waals surface area contributed by atoms with Gasteiger partial charge < -0.3 is 5.32 Å². The van der Waals surface area contributed by atoms with Crippen molar-refractivity contribution in [2.24, 2.45) is 23.7 Å². The van der Waals surface area contributed by atoms with E-state index in [4.69, 9.17) is 10.2 Å². The molecule has 0 amide bonds. The first-order valence-electron chi connectivity index (χ1n) is 11.3. The minimum Gasteiger partial charge on any atom is -0.380 e. The van der Waals surface area contributed by atoms with Gasteiger partial charge in [-0.3, -0.25) is 4.79 Å². The zero-order valence-electron chi connectivity index (χ0n) is 17.6. The summed E-state index contributed by atoms with van der Waals surface area (Å²) >= 11 is 0. The SMILES string of the molecule is Cc1nn2c(=O)cc(-c3ccc(C#N)cc3)nc2cc1NC1C2CC3CC(C2)CC1C3. The molecule has 2 heterocycles. The Hall–Kier alpha value is -3.20. The molecule has 0 spiro atoms. The van der Waals surface area contributed by atoms with Crippen LogP contribution in [0.2, 0.25) is 0 Å². The van der Waals surface area contributed by atoms with Crippen molar-refractivity contribution in [1.29, 1.82) is 5.26 Å². The monoisotopic (exact) mass is 411 g/mol. The molecule has 4 saturated carbocycles. The normalized spacial score (nSPS) is 28.6. The van der Waals surface area contributed by atoms with Crippen LogP contribution in [0.1, 0.15) is 43.4 Å². The summed E-state index contributed by atoms with van der Waals surface area (Å²) in [5, 5.41) is 17.4. The van der Waals surface area contributed by atoms with Crippen LogP contribution in [0.3, 0.4) is 0 Å². The van der Waals surface area contributed by atoms with E-state index >= 15 is 0 Å². The van der Waals surface area contributed by atoms with E-state index in [0.717, 1.165) is 40.6 Å². The summed E-state index contributed by atoms with van der Waals surface area (Å²) in [6.45, 7) is 1.96. The van der Waals surface area contributed by atoms with Crippen molar-refractivity contribution in [3.05, 3.63) is 58.0 Å². The van der Waals surface area contributed by atoms with E-state index in [0.29, 0.717) is 22.9 Å². The molecule has 6 heteroatoms. The van der Waals surface area contributed by atoms with Crippen LogP contribution in [0.15, 0.2) is 41.2 Å². The second-order valence-corrected chi connectivity index (χ2v) is 9.68. The van der Waals surface area contributed by atoms with Gasteiger partial charge in [0.2, 0.25) is 0 Å². The van der Waals surface area contributed by atoms with Gasteiger partial charge in [0.05, 0.1) is 28.7 Å². The number of rotatable bonds is 3. The van der Waals surface area contributed by atoms with E-state index in [1.807, 2.05) is 25.1 Å². The maximum atomic E-state index is 12.7. The van der Waals surface area contributed by atoms with E-state index in [-0.39, 0.29) is 5.56 Å². The standard InChI is InChI=1S/C25H25N5O/c1-14-21(28-25-19-7-16-6-17(9-19)10-20(25)8-16)11-23-27-22(12-24(31)30(23)29-14)18-4-2-15(13-26)3-5-18/h2-5,11-12,16-17,19-20,25,28H,6-10H2,1H3. The summed E-state index contributed by atoms with van der Waals surface area (Å²) in [5.41, 5.74) is 4.16. The van der Waals surface area contributed by atoms with Crippen LogP contribution in [-0.2, 0) is 0 Å². The first-order chi connectivity index (χ1) is 15.1. The lowest BCUT2D eigenvalue weighted by Crippen LogP contribution is -2.51. The van der Waals surface area contributed by atoms with Gasteiger partial charge >= 0.3 is 0 Å². The highest BCUT2D eigenvalue weighted by Gasteiger charge is 2.48. The first kappa shape index (κ1) is 18.6. The average Bonchev–Trinajstić information content (AvgIpc) is 2.76. The van der Waals surface area contributed by atoms with Crippen molar-refractivity contribution in [3.8, 4) is 17.3 Å². The third-order valence-electron chi connectivity index (χ3n) is 7.69. The van der Waals surface area contributed by atoms with Crippen LogP contribution < -0.4 is 10.9 Å². The van der Waals surface area contributed by atoms with Gasteiger partial charge in [-0.05, 0) is 74.8 Å². The van der Waals surface area contributed by atoms with Crippen molar-refractivity contribution < 1.29 is 0 Å². The Morgan fingerprint density at radius 1 is 1.03 bits per heavy atom. The fraction of sp³-hybridized carbons (Fsp3) is 0.440. The lowest BCUT2D eigenvalue weighted by molar-refractivity contribution is 0.00751. The molecule has 31 heavy (non-hydrogen) atoms. The van der Waals surface area contributed by atoms with E-state index < -0.39 is 0 Å². The predicted molar refractivity (Wildman–Crippen MR) is 119 cm³/mol. The lowest BCUT2D eigenvalue weighted by Gasteiger charge is -2.54. The average molecular weight is 412 g/mol. The fourth-order valence-corrected chi connectivity index (χ4v) is 6.48. The maximum Gasteiger partial charge on any atom is 0.275 e. The van der Waals surface area contributed by atoms with Crippen LogP contribution in [0, 0.1) is 41.9 Å². The van der Waals surface area contributed by atoms with Gasteiger partial charge in [-0.25, -0.2) is 4.98 Å². The Bertz CT molecular complexity index is 1240. The molecular weight excluding hydrogens is 386 g/mol.